The van der Waals surface area contributed by atoms with Crippen molar-refractivity contribution in [1.82, 2.24) is 0 Å². The van der Waals surface area contributed by atoms with Crippen LogP contribution in [0.1, 0.15) is 105 Å². The fraction of sp³-hybridized carbons (Fsp3) is 1.00. The quantitative estimate of drug-likeness (QED) is 0.321. The molecule has 31 heavy (non-hydrogen) atoms. The van der Waals surface area contributed by atoms with Crippen LogP contribution in [0.2, 0.25) is 0 Å². The second kappa shape index (κ2) is 9.07. The zero-order chi connectivity index (χ0) is 22.6. The predicted octanol–water partition coefficient (Wildman–Crippen LogP) is 8.86. The number of methoxy groups -OCH3 is 1. The summed E-state index contributed by atoms with van der Waals surface area (Å²) in [6.07, 6.45) is 15.0. The average molecular weight is 516 g/mol. The molecule has 0 aromatic rings. The molecule has 0 heterocycles. The van der Waals surface area contributed by atoms with Crippen molar-refractivity contribution >= 4 is 27.5 Å². The molecule has 3 heteroatoms. The molecular weight excluding hydrogens is 468 g/mol. The number of fused-ring (bicyclic) bond motifs is 5. The Kier molecular flexibility index (Phi) is 7.27. The number of hydrogen-bond donors (Lipinski definition) is 0. The van der Waals surface area contributed by atoms with Crippen LogP contribution < -0.4 is 0 Å². The number of alkyl halides is 2. The predicted molar refractivity (Wildman–Crippen MR) is 137 cm³/mol. The van der Waals surface area contributed by atoms with E-state index in [-0.39, 0.29) is 9.70 Å². The van der Waals surface area contributed by atoms with Gasteiger partial charge in [-0.05, 0) is 97.7 Å². The summed E-state index contributed by atoms with van der Waals surface area (Å²) in [6.45, 7) is 12.6. The average Bonchev–Trinajstić information content (AvgIpc) is 3.05. The molecule has 4 fully saturated rings. The minimum absolute atomic E-state index is 0.0521. The van der Waals surface area contributed by atoms with Crippen LogP contribution in [0.15, 0.2) is 0 Å². The zero-order valence-electron chi connectivity index (χ0n) is 21.1. The van der Waals surface area contributed by atoms with Gasteiger partial charge in [0.2, 0.25) is 0 Å². The van der Waals surface area contributed by atoms with Gasteiger partial charge in [-0.3, -0.25) is 0 Å². The molecule has 1 nitrogen and oxygen atoms in total. The van der Waals surface area contributed by atoms with Crippen molar-refractivity contribution < 1.29 is 4.74 Å². The Labute approximate surface area is 206 Å². The minimum Gasteiger partial charge on any atom is -0.380 e. The lowest BCUT2D eigenvalue weighted by molar-refractivity contribution is -0.149. The third-order valence-corrected chi connectivity index (χ3v) is 13.3. The van der Waals surface area contributed by atoms with Crippen LogP contribution >= 0.6 is 27.5 Å². The second-order valence-corrected chi connectivity index (χ2v) is 15.0. The largest absolute Gasteiger partial charge is 0.380 e. The molecule has 0 unspecified atom stereocenters. The summed E-state index contributed by atoms with van der Waals surface area (Å²) in [6, 6.07) is 0. The molecule has 4 aliphatic rings. The third-order valence-electron chi connectivity index (χ3n) is 11.2. The minimum atomic E-state index is 0.0521. The fourth-order valence-electron chi connectivity index (χ4n) is 9.46. The van der Waals surface area contributed by atoms with Gasteiger partial charge in [-0.25, -0.2) is 0 Å². The summed E-state index contributed by atoms with van der Waals surface area (Å²) in [5, 5.41) is 0.290. The van der Waals surface area contributed by atoms with Gasteiger partial charge in [-0.15, -0.1) is 11.6 Å². The maximum absolute atomic E-state index is 6.73. The number of halogens is 2. The van der Waals surface area contributed by atoms with Gasteiger partial charge in [-0.1, -0.05) is 69.8 Å². The molecule has 4 saturated carbocycles. The normalized spacial score (nSPS) is 50.6. The van der Waals surface area contributed by atoms with Gasteiger partial charge in [0.05, 0.1) is 10.4 Å². The van der Waals surface area contributed by atoms with E-state index in [1.165, 1.54) is 64.2 Å². The van der Waals surface area contributed by atoms with Crippen LogP contribution in [0, 0.1) is 46.3 Å². The lowest BCUT2D eigenvalue weighted by atomic mass is 9.43. The first kappa shape index (κ1) is 24.8. The fourth-order valence-corrected chi connectivity index (χ4v) is 11.3. The Hall–Kier alpha value is 0.730. The van der Waals surface area contributed by atoms with Crippen LogP contribution in [0.25, 0.3) is 0 Å². The van der Waals surface area contributed by atoms with E-state index in [1.54, 1.807) is 0 Å². The Morgan fingerprint density at radius 1 is 1.00 bits per heavy atom. The highest BCUT2D eigenvalue weighted by atomic mass is 79.9. The first-order chi connectivity index (χ1) is 14.6. The summed E-state index contributed by atoms with van der Waals surface area (Å²) in [7, 11) is 1.95. The maximum atomic E-state index is 6.73. The molecule has 0 bridgehead atoms. The highest BCUT2D eigenvalue weighted by molar-refractivity contribution is 9.10. The Balaban J connectivity index is 1.55. The Morgan fingerprint density at radius 2 is 1.74 bits per heavy atom. The molecule has 0 N–H and O–H groups in total. The second-order valence-electron chi connectivity index (χ2n) is 13.0. The van der Waals surface area contributed by atoms with Crippen LogP contribution in [-0.4, -0.2) is 22.9 Å². The van der Waals surface area contributed by atoms with Crippen LogP contribution in [0.3, 0.4) is 0 Å². The van der Waals surface area contributed by atoms with E-state index >= 15 is 0 Å². The van der Waals surface area contributed by atoms with Crippen molar-refractivity contribution in [2.24, 2.45) is 46.3 Å². The van der Waals surface area contributed by atoms with Crippen LogP contribution in [-0.2, 0) is 4.74 Å². The van der Waals surface area contributed by atoms with Gasteiger partial charge in [0.15, 0.2) is 0 Å². The summed E-state index contributed by atoms with van der Waals surface area (Å²) in [5.41, 5.74) is 0.855. The Bertz CT molecular complexity index is 639. The lowest BCUT2D eigenvalue weighted by Gasteiger charge is -2.66. The number of ether oxygens (including phenoxy) is 1. The van der Waals surface area contributed by atoms with Gasteiger partial charge < -0.3 is 4.74 Å². The van der Waals surface area contributed by atoms with E-state index in [0.717, 1.165) is 41.9 Å². The lowest BCUT2D eigenvalue weighted by Crippen LogP contribution is -2.65. The number of hydrogen-bond acceptors (Lipinski definition) is 1. The Morgan fingerprint density at radius 3 is 2.42 bits per heavy atom. The van der Waals surface area contributed by atoms with Crippen molar-refractivity contribution in [2.45, 2.75) is 121 Å². The van der Waals surface area contributed by atoms with E-state index in [9.17, 15) is 0 Å². The maximum Gasteiger partial charge on any atom is 0.0733 e. The molecule has 4 rings (SSSR count). The molecule has 10 atom stereocenters. The molecule has 0 aliphatic heterocycles. The van der Waals surface area contributed by atoms with Gasteiger partial charge in [0.25, 0.3) is 0 Å². The molecule has 0 amide bonds. The van der Waals surface area contributed by atoms with Gasteiger partial charge >= 0.3 is 0 Å². The van der Waals surface area contributed by atoms with Gasteiger partial charge in [0.1, 0.15) is 0 Å². The molecule has 0 spiro atoms. The van der Waals surface area contributed by atoms with E-state index in [4.69, 9.17) is 16.3 Å². The first-order valence-electron chi connectivity index (χ1n) is 13.4. The van der Waals surface area contributed by atoms with E-state index in [0.29, 0.717) is 16.9 Å². The van der Waals surface area contributed by atoms with Crippen molar-refractivity contribution in [3.8, 4) is 0 Å². The van der Waals surface area contributed by atoms with Crippen molar-refractivity contribution in [3.05, 3.63) is 0 Å². The molecule has 0 radical (unpaired) electrons. The SMILES string of the molecule is CO[C@@H]1C[C@H]2[C@@H]3CC[C@H]([C@H](C)CCCC(C)C)[C@@]3(C)CC[C@@H]2[C@@]2(C)CC[C@H](Cl)C[C@]12Br. The third kappa shape index (κ3) is 3.99. The van der Waals surface area contributed by atoms with Crippen LogP contribution in [0.5, 0.6) is 0 Å². The standard InChI is InChI=1S/C28H48BrClO/c1-18(2)8-7-9-19(3)22-10-11-23-21-16-25(31-6)28(29)17-20(30)12-15-27(28,5)24(21)13-14-26(22,23)4/h18-25H,7-17H2,1-6H3/t19-,20+,21+,22-,23+,24+,25-,26-,27-,28+/m1/s1. The summed E-state index contributed by atoms with van der Waals surface area (Å²) in [4.78, 5) is 0. The summed E-state index contributed by atoms with van der Waals surface area (Å²) >= 11 is 11.0. The summed E-state index contributed by atoms with van der Waals surface area (Å²) < 4.78 is 6.30. The van der Waals surface area contributed by atoms with Crippen molar-refractivity contribution in [2.75, 3.05) is 7.11 Å². The van der Waals surface area contributed by atoms with Crippen molar-refractivity contribution in [3.63, 3.8) is 0 Å². The van der Waals surface area contributed by atoms with Gasteiger partial charge in [-0.2, -0.15) is 0 Å². The summed E-state index contributed by atoms with van der Waals surface area (Å²) in [5.74, 6) is 5.20. The molecule has 4 aliphatic carbocycles. The van der Waals surface area contributed by atoms with E-state index < -0.39 is 0 Å². The first-order valence-corrected chi connectivity index (χ1v) is 14.7. The van der Waals surface area contributed by atoms with Crippen LogP contribution in [0.4, 0.5) is 0 Å². The topological polar surface area (TPSA) is 9.23 Å². The molecule has 0 aromatic carbocycles. The monoisotopic (exact) mass is 514 g/mol. The molecular formula is C28H48BrClO. The molecule has 180 valence electrons. The highest BCUT2D eigenvalue weighted by Crippen LogP contribution is 2.71. The van der Waals surface area contributed by atoms with E-state index in [1.807, 2.05) is 7.11 Å². The molecule has 0 aromatic heterocycles. The van der Waals surface area contributed by atoms with E-state index in [2.05, 4.69) is 50.5 Å². The van der Waals surface area contributed by atoms with Gasteiger partial charge in [0, 0.05) is 12.5 Å². The zero-order valence-corrected chi connectivity index (χ0v) is 23.4. The molecule has 0 saturated heterocycles. The highest BCUT2D eigenvalue weighted by Gasteiger charge is 2.67. The van der Waals surface area contributed by atoms with Crippen molar-refractivity contribution in [1.29, 1.82) is 0 Å². The smallest absolute Gasteiger partial charge is 0.0733 e. The number of rotatable bonds is 6.